The minimum Gasteiger partial charge on any atom is -0.293 e. The Morgan fingerprint density at radius 2 is 1.96 bits per heavy atom. The Hall–Kier alpha value is -2.41. The fourth-order valence-corrected chi connectivity index (χ4v) is 5.27. The molecule has 0 fully saturated rings. The summed E-state index contributed by atoms with van der Waals surface area (Å²) < 4.78 is 0. The molecule has 0 amide bonds. The molecule has 1 aliphatic heterocycles. The van der Waals surface area contributed by atoms with Gasteiger partial charge < -0.3 is 0 Å². The highest BCUT2D eigenvalue weighted by Gasteiger charge is 2.19. The van der Waals surface area contributed by atoms with Crippen LogP contribution in [0.25, 0.3) is 21.1 Å². The first-order valence-corrected chi connectivity index (χ1v) is 10.6. The second-order valence-corrected chi connectivity index (χ2v) is 8.72. The fourth-order valence-electron chi connectivity index (χ4n) is 3.38. The van der Waals surface area contributed by atoms with Gasteiger partial charge in [0.05, 0.1) is 5.69 Å². The number of pyridine rings is 1. The van der Waals surface area contributed by atoms with E-state index in [2.05, 4.69) is 44.5 Å². The molecule has 0 radical (unpaired) electrons. The van der Waals surface area contributed by atoms with Crippen LogP contribution in [-0.2, 0) is 19.5 Å². The van der Waals surface area contributed by atoms with E-state index in [1.807, 2.05) is 29.7 Å². The van der Waals surface area contributed by atoms with Crippen LogP contribution in [0.1, 0.15) is 16.1 Å². The molecule has 0 saturated carbocycles. The van der Waals surface area contributed by atoms with Crippen LogP contribution < -0.4 is 0 Å². The molecule has 0 bridgehead atoms. The molecular formula is C21H18N4S2. The Labute approximate surface area is 166 Å². The highest BCUT2D eigenvalue weighted by atomic mass is 32.1. The summed E-state index contributed by atoms with van der Waals surface area (Å²) in [7, 11) is 0. The minimum absolute atomic E-state index is 0.795. The van der Waals surface area contributed by atoms with Gasteiger partial charge in [0, 0.05) is 70.4 Å². The van der Waals surface area contributed by atoms with Crippen LogP contribution in [-0.4, -0.2) is 26.4 Å². The van der Waals surface area contributed by atoms with Crippen LogP contribution in [0, 0.1) is 0 Å². The van der Waals surface area contributed by atoms with E-state index in [-0.39, 0.29) is 0 Å². The van der Waals surface area contributed by atoms with E-state index < -0.39 is 0 Å². The molecule has 0 saturated heterocycles. The van der Waals surface area contributed by atoms with Crippen LogP contribution in [0.5, 0.6) is 0 Å². The molecule has 5 rings (SSSR count). The summed E-state index contributed by atoms with van der Waals surface area (Å²) >= 11 is 3.70. The van der Waals surface area contributed by atoms with E-state index in [4.69, 9.17) is 4.98 Å². The first-order chi connectivity index (χ1) is 13.3. The molecule has 4 aromatic heterocycles. The second kappa shape index (κ2) is 7.31. The van der Waals surface area contributed by atoms with Crippen molar-refractivity contribution in [3.63, 3.8) is 0 Å². The smallest absolute Gasteiger partial charge is 0.159 e. The molecule has 134 valence electrons. The zero-order valence-corrected chi connectivity index (χ0v) is 16.3. The lowest BCUT2D eigenvalue weighted by Crippen LogP contribution is -2.30. The van der Waals surface area contributed by atoms with Crippen molar-refractivity contribution >= 4 is 22.7 Å². The number of hydrogen-bond donors (Lipinski definition) is 0. The number of nitrogens with zero attached hydrogens (tertiary/aromatic N) is 4. The highest BCUT2D eigenvalue weighted by molar-refractivity contribution is 7.21. The molecule has 0 aliphatic carbocycles. The van der Waals surface area contributed by atoms with Gasteiger partial charge in [0.1, 0.15) is 0 Å². The molecule has 0 atom stereocenters. The van der Waals surface area contributed by atoms with Crippen LogP contribution >= 0.6 is 22.7 Å². The van der Waals surface area contributed by atoms with E-state index in [1.165, 1.54) is 25.9 Å². The van der Waals surface area contributed by atoms with Gasteiger partial charge in [-0.15, -0.1) is 22.7 Å². The molecule has 4 aromatic rings. The van der Waals surface area contributed by atoms with Crippen molar-refractivity contribution in [2.24, 2.45) is 0 Å². The van der Waals surface area contributed by atoms with Crippen molar-refractivity contribution in [3.05, 3.63) is 76.5 Å². The van der Waals surface area contributed by atoms with Gasteiger partial charge in [-0.25, -0.2) is 9.97 Å². The van der Waals surface area contributed by atoms with Gasteiger partial charge >= 0.3 is 0 Å². The summed E-state index contributed by atoms with van der Waals surface area (Å²) in [6.07, 6.45) is 6.53. The zero-order valence-electron chi connectivity index (χ0n) is 14.7. The Balaban J connectivity index is 1.30. The molecule has 0 unspecified atom stereocenters. The summed E-state index contributed by atoms with van der Waals surface area (Å²) in [5, 5.41) is 2.14. The number of thiophene rings is 2. The van der Waals surface area contributed by atoms with Crippen molar-refractivity contribution in [1.29, 1.82) is 0 Å². The summed E-state index contributed by atoms with van der Waals surface area (Å²) in [4.78, 5) is 20.1. The van der Waals surface area contributed by atoms with Crippen molar-refractivity contribution in [1.82, 2.24) is 19.9 Å². The lowest BCUT2D eigenvalue weighted by Gasteiger charge is -2.27. The molecule has 5 heterocycles. The summed E-state index contributed by atoms with van der Waals surface area (Å²) in [6, 6.07) is 12.7. The standard InChI is InChI=1S/C21H18N4S2/c1-2-19(26-11-1)20-4-3-17(27-20)14-25-10-7-18-16(13-25)12-23-21(24-18)15-5-8-22-9-6-15/h1-6,8-9,11-12H,7,10,13-14H2. The molecule has 1 aliphatic rings. The van der Waals surface area contributed by atoms with E-state index in [9.17, 15) is 0 Å². The van der Waals surface area contributed by atoms with Crippen LogP contribution in [0.2, 0.25) is 0 Å². The normalized spacial score (nSPS) is 14.2. The molecule has 0 N–H and O–H groups in total. The zero-order chi connectivity index (χ0) is 18.1. The lowest BCUT2D eigenvalue weighted by molar-refractivity contribution is 0.245. The summed E-state index contributed by atoms with van der Waals surface area (Å²) in [6.45, 7) is 2.94. The number of aromatic nitrogens is 3. The molecular weight excluding hydrogens is 372 g/mol. The van der Waals surface area contributed by atoms with Gasteiger partial charge in [-0.3, -0.25) is 9.88 Å². The average Bonchev–Trinajstić information content (AvgIpc) is 3.40. The Morgan fingerprint density at radius 3 is 2.81 bits per heavy atom. The van der Waals surface area contributed by atoms with Crippen molar-refractivity contribution < 1.29 is 0 Å². The van der Waals surface area contributed by atoms with Gasteiger partial charge in [-0.1, -0.05) is 6.07 Å². The van der Waals surface area contributed by atoms with Crippen LogP contribution in [0.15, 0.2) is 60.4 Å². The average molecular weight is 391 g/mol. The number of hydrogen-bond acceptors (Lipinski definition) is 6. The van der Waals surface area contributed by atoms with E-state index in [1.54, 1.807) is 23.7 Å². The predicted octanol–water partition coefficient (Wildman–Crippen LogP) is 4.89. The summed E-state index contributed by atoms with van der Waals surface area (Å²) in [5.41, 5.74) is 3.45. The van der Waals surface area contributed by atoms with Gasteiger partial charge in [0.15, 0.2) is 5.82 Å². The number of rotatable bonds is 4. The van der Waals surface area contributed by atoms with E-state index >= 15 is 0 Å². The maximum Gasteiger partial charge on any atom is 0.159 e. The predicted molar refractivity (Wildman–Crippen MR) is 111 cm³/mol. The first-order valence-electron chi connectivity index (χ1n) is 8.95. The monoisotopic (exact) mass is 390 g/mol. The van der Waals surface area contributed by atoms with E-state index in [0.29, 0.717) is 0 Å². The van der Waals surface area contributed by atoms with Crippen molar-refractivity contribution in [2.45, 2.75) is 19.5 Å². The molecule has 0 aromatic carbocycles. The Bertz CT molecular complexity index is 1040. The Kier molecular flexibility index (Phi) is 4.53. The first kappa shape index (κ1) is 16.7. The largest absolute Gasteiger partial charge is 0.293 e. The van der Waals surface area contributed by atoms with Crippen LogP contribution in [0.3, 0.4) is 0 Å². The third kappa shape index (κ3) is 3.56. The van der Waals surface area contributed by atoms with Gasteiger partial charge in [0.25, 0.3) is 0 Å². The third-order valence-corrected chi connectivity index (χ3v) is 6.89. The number of fused-ring (bicyclic) bond motifs is 1. The van der Waals surface area contributed by atoms with Gasteiger partial charge in [-0.2, -0.15) is 0 Å². The van der Waals surface area contributed by atoms with E-state index in [0.717, 1.165) is 37.4 Å². The van der Waals surface area contributed by atoms with Gasteiger partial charge in [-0.05, 0) is 35.7 Å². The second-order valence-electron chi connectivity index (χ2n) is 6.61. The molecule has 27 heavy (non-hydrogen) atoms. The Morgan fingerprint density at radius 1 is 1.04 bits per heavy atom. The van der Waals surface area contributed by atoms with Crippen molar-refractivity contribution in [2.75, 3.05) is 6.54 Å². The van der Waals surface area contributed by atoms with Gasteiger partial charge in [0.2, 0.25) is 0 Å². The maximum atomic E-state index is 4.80. The lowest BCUT2D eigenvalue weighted by atomic mass is 10.1. The highest BCUT2D eigenvalue weighted by Crippen LogP contribution is 2.32. The third-order valence-electron chi connectivity index (χ3n) is 4.76. The SMILES string of the molecule is c1csc(-c2ccc(CN3CCc4nc(-c5ccncc5)ncc4C3)s2)c1. The topological polar surface area (TPSA) is 41.9 Å². The van der Waals surface area contributed by atoms with Crippen LogP contribution in [0.4, 0.5) is 0 Å². The quantitative estimate of drug-likeness (QED) is 0.498. The molecule has 0 spiro atoms. The minimum atomic E-state index is 0.795. The maximum absolute atomic E-state index is 4.80. The fraction of sp³-hybridized carbons (Fsp3) is 0.190. The molecule has 4 nitrogen and oxygen atoms in total. The summed E-state index contributed by atoms with van der Waals surface area (Å²) in [5.74, 6) is 0.795. The van der Waals surface area contributed by atoms with Crippen molar-refractivity contribution in [3.8, 4) is 21.1 Å². The molecule has 6 heteroatoms.